The molecule has 1 saturated carbocycles. The fraction of sp³-hybridized carbons (Fsp3) is 0.348. The van der Waals surface area contributed by atoms with Gasteiger partial charge in [-0.25, -0.2) is 15.1 Å². The van der Waals surface area contributed by atoms with Crippen LogP contribution in [0.1, 0.15) is 50.9 Å². The zero-order valence-electron chi connectivity index (χ0n) is 19.1. The van der Waals surface area contributed by atoms with Crippen LogP contribution in [0.5, 0.6) is 0 Å². The molecule has 1 aliphatic carbocycles. The number of thiophene rings is 1. The number of rotatable bonds is 8. The first-order chi connectivity index (χ1) is 17.6. The van der Waals surface area contributed by atoms with E-state index < -0.39 is 28.4 Å². The number of carbonyl (C=O) groups is 1. The van der Waals surface area contributed by atoms with Crippen LogP contribution >= 0.6 is 34.5 Å². The molecule has 4 atom stereocenters. The van der Waals surface area contributed by atoms with E-state index in [2.05, 4.69) is 19.5 Å². The van der Waals surface area contributed by atoms with Gasteiger partial charge in [-0.05, 0) is 42.2 Å². The topological polar surface area (TPSA) is 154 Å². The Hall–Kier alpha value is -2.16. The van der Waals surface area contributed by atoms with Gasteiger partial charge in [0.2, 0.25) is 5.78 Å². The van der Waals surface area contributed by atoms with Crippen LogP contribution in [0.25, 0.3) is 0 Å². The minimum atomic E-state index is -4.11. The molecule has 1 aliphatic heterocycles. The van der Waals surface area contributed by atoms with Crippen LogP contribution in [0.2, 0.25) is 9.36 Å². The molecule has 3 heterocycles. The number of fused-ring (bicyclic) bond motifs is 1. The summed E-state index contributed by atoms with van der Waals surface area (Å²) < 4.78 is 33.2. The number of aliphatic hydroxyl groups is 1. The van der Waals surface area contributed by atoms with Crippen LogP contribution in [0.15, 0.2) is 36.8 Å². The molecule has 2 aliphatic rings. The molecular weight excluding hydrogens is 563 g/mol. The van der Waals surface area contributed by atoms with E-state index in [-0.39, 0.29) is 24.0 Å². The molecule has 0 radical (unpaired) electrons. The van der Waals surface area contributed by atoms with Crippen molar-refractivity contribution in [2.45, 2.75) is 37.7 Å². The molecule has 4 N–H and O–H groups in total. The van der Waals surface area contributed by atoms with Gasteiger partial charge in [0.25, 0.3) is 0 Å². The van der Waals surface area contributed by atoms with E-state index in [1.54, 1.807) is 12.1 Å². The van der Waals surface area contributed by atoms with Crippen LogP contribution in [0.4, 0.5) is 5.82 Å². The van der Waals surface area contributed by atoms with E-state index in [9.17, 15) is 18.3 Å². The number of carbonyl (C=O) groups excluding carboxylic acids is 1. The number of nitrogens with two attached hydrogens (primary N) is 1. The average Bonchev–Trinajstić information content (AvgIpc) is 3.53. The van der Waals surface area contributed by atoms with Crippen molar-refractivity contribution in [3.8, 4) is 0 Å². The summed E-state index contributed by atoms with van der Waals surface area (Å²) in [4.78, 5) is 22.1. The molecule has 14 heteroatoms. The van der Waals surface area contributed by atoms with Gasteiger partial charge in [0.05, 0.1) is 34.1 Å². The van der Waals surface area contributed by atoms with Crippen molar-refractivity contribution >= 4 is 56.4 Å². The number of aliphatic hydroxyl groups excluding tert-OH is 1. The SMILES string of the molecule is NS(=O)(=O)OC[C@H]1C[C@@H](Nc2ncncc2C(=O)c2cc([C@@H]3OCc4ccc(Cl)cc43)c(Cl)s2)C[C@@H]1O. The Labute approximate surface area is 227 Å². The van der Waals surface area contributed by atoms with Crippen molar-refractivity contribution in [3.63, 3.8) is 0 Å². The normalized spacial score (nSPS) is 23.2. The maximum absolute atomic E-state index is 13.5. The maximum Gasteiger partial charge on any atom is 0.333 e. The number of nitrogens with zero attached hydrogens (tertiary/aromatic N) is 2. The maximum atomic E-state index is 13.5. The van der Waals surface area contributed by atoms with Gasteiger partial charge in [-0.3, -0.25) is 8.98 Å². The number of anilines is 1. The first kappa shape index (κ1) is 26.4. The second kappa shape index (κ2) is 10.5. The first-order valence-corrected chi connectivity index (χ1v) is 14.3. The average molecular weight is 585 g/mol. The Morgan fingerprint density at radius 3 is 2.86 bits per heavy atom. The van der Waals surface area contributed by atoms with Gasteiger partial charge in [0.1, 0.15) is 18.2 Å². The lowest BCUT2D eigenvalue weighted by Gasteiger charge is -2.15. The number of ketones is 1. The third-order valence-corrected chi connectivity index (χ3v) is 8.50. The van der Waals surface area contributed by atoms with Crippen molar-refractivity contribution in [2.24, 2.45) is 11.1 Å². The van der Waals surface area contributed by atoms with E-state index in [0.29, 0.717) is 45.1 Å². The van der Waals surface area contributed by atoms with Gasteiger partial charge in [-0.2, -0.15) is 8.42 Å². The molecule has 1 fully saturated rings. The summed E-state index contributed by atoms with van der Waals surface area (Å²) in [6.45, 7) is 0.186. The van der Waals surface area contributed by atoms with E-state index >= 15 is 0 Å². The Kier molecular flexibility index (Phi) is 7.53. The lowest BCUT2D eigenvalue weighted by molar-refractivity contribution is 0.0941. The third kappa shape index (κ3) is 5.81. The molecule has 0 spiro atoms. The highest BCUT2D eigenvalue weighted by atomic mass is 35.5. The van der Waals surface area contributed by atoms with E-state index in [1.165, 1.54) is 12.5 Å². The van der Waals surface area contributed by atoms with E-state index in [1.807, 2.05) is 12.1 Å². The van der Waals surface area contributed by atoms with Crippen molar-refractivity contribution < 1.29 is 27.2 Å². The molecule has 196 valence electrons. The second-order valence-electron chi connectivity index (χ2n) is 8.91. The Morgan fingerprint density at radius 2 is 2.08 bits per heavy atom. The molecule has 1 aromatic carbocycles. The number of nitrogens with one attached hydrogen (secondary N) is 1. The lowest BCUT2D eigenvalue weighted by atomic mass is 10.0. The molecular formula is C23H22Cl2N4O6S2. The highest BCUT2D eigenvalue weighted by Gasteiger charge is 2.35. The fourth-order valence-electron chi connectivity index (χ4n) is 4.65. The number of aromatic nitrogens is 2. The number of hydrogen-bond acceptors (Lipinski definition) is 10. The van der Waals surface area contributed by atoms with Gasteiger partial charge in [0.15, 0.2) is 0 Å². The molecule has 5 rings (SSSR count). The molecule has 2 aromatic heterocycles. The summed E-state index contributed by atoms with van der Waals surface area (Å²) >= 11 is 13.9. The summed E-state index contributed by atoms with van der Waals surface area (Å²) in [5.74, 6) is -0.470. The van der Waals surface area contributed by atoms with Gasteiger partial charge < -0.3 is 15.2 Å². The predicted octanol–water partition coefficient (Wildman–Crippen LogP) is 3.47. The van der Waals surface area contributed by atoms with Gasteiger partial charge in [-0.15, -0.1) is 11.3 Å². The standard InChI is InChI=1S/C23H22Cl2N4O6S2/c24-13-2-1-11-8-34-21(15(11)4-13)16-6-19(36-22(16)25)20(31)17-7-27-10-28-23(17)29-14-3-12(18(30)5-14)9-35-37(26,32)33/h1-2,4,6-7,10,12,14,18,21,30H,3,5,8-9H2,(H2,26,32,33)(H,27,28,29)/t12-,14-,18+,21-/m1/s1. The van der Waals surface area contributed by atoms with Crippen LogP contribution in [-0.2, 0) is 25.8 Å². The van der Waals surface area contributed by atoms with E-state index in [4.69, 9.17) is 33.1 Å². The van der Waals surface area contributed by atoms with Crippen molar-refractivity contribution in [2.75, 3.05) is 11.9 Å². The summed E-state index contributed by atoms with van der Waals surface area (Å²) in [6, 6.07) is 7.00. The summed E-state index contributed by atoms with van der Waals surface area (Å²) in [6.07, 6.45) is 2.20. The number of benzene rings is 1. The molecule has 0 amide bonds. The molecule has 37 heavy (non-hydrogen) atoms. The monoisotopic (exact) mass is 584 g/mol. The van der Waals surface area contributed by atoms with Crippen LogP contribution in [0, 0.1) is 5.92 Å². The molecule has 10 nitrogen and oxygen atoms in total. The Bertz CT molecular complexity index is 1450. The smallest absolute Gasteiger partial charge is 0.333 e. The zero-order chi connectivity index (χ0) is 26.3. The predicted molar refractivity (Wildman–Crippen MR) is 138 cm³/mol. The number of hydrogen-bond donors (Lipinski definition) is 3. The van der Waals surface area contributed by atoms with Crippen LogP contribution in [-0.4, -0.2) is 48.0 Å². The highest BCUT2D eigenvalue weighted by Crippen LogP contribution is 2.43. The van der Waals surface area contributed by atoms with Gasteiger partial charge >= 0.3 is 10.3 Å². The first-order valence-electron chi connectivity index (χ1n) is 11.2. The van der Waals surface area contributed by atoms with Crippen LogP contribution in [0.3, 0.4) is 0 Å². The largest absolute Gasteiger partial charge is 0.393 e. The summed E-state index contributed by atoms with van der Waals surface area (Å²) in [5, 5.41) is 19.0. The molecule has 0 bridgehead atoms. The second-order valence-corrected chi connectivity index (χ2v) is 12.2. The third-order valence-electron chi connectivity index (χ3n) is 6.42. The fourth-order valence-corrected chi connectivity index (χ4v) is 6.47. The lowest BCUT2D eigenvalue weighted by Crippen LogP contribution is -2.24. The molecule has 0 unspecified atom stereocenters. The van der Waals surface area contributed by atoms with Gasteiger partial charge in [-0.1, -0.05) is 29.3 Å². The Morgan fingerprint density at radius 1 is 1.27 bits per heavy atom. The minimum Gasteiger partial charge on any atom is -0.393 e. The minimum absolute atomic E-state index is 0.234. The van der Waals surface area contributed by atoms with E-state index in [0.717, 1.165) is 22.5 Å². The summed E-state index contributed by atoms with van der Waals surface area (Å²) in [7, 11) is -4.11. The highest BCUT2D eigenvalue weighted by molar-refractivity contribution is 7.84. The Balaban J connectivity index is 1.34. The number of halogens is 2. The number of ether oxygens (including phenoxy) is 1. The van der Waals surface area contributed by atoms with Gasteiger partial charge in [0, 0.05) is 28.7 Å². The quantitative estimate of drug-likeness (QED) is 0.337. The van der Waals surface area contributed by atoms with Crippen molar-refractivity contribution in [1.82, 2.24) is 9.97 Å². The van der Waals surface area contributed by atoms with Crippen molar-refractivity contribution in [1.29, 1.82) is 0 Å². The summed E-state index contributed by atoms with van der Waals surface area (Å²) in [5.41, 5.74) is 2.84. The molecule has 0 saturated heterocycles. The van der Waals surface area contributed by atoms with Crippen molar-refractivity contribution in [3.05, 3.63) is 73.3 Å². The zero-order valence-corrected chi connectivity index (χ0v) is 22.3. The van der Waals surface area contributed by atoms with Crippen LogP contribution < -0.4 is 10.5 Å². The molecule has 3 aromatic rings.